The van der Waals surface area contributed by atoms with Gasteiger partial charge in [-0.2, -0.15) is 0 Å². The highest BCUT2D eigenvalue weighted by atomic mass is 32.2. The van der Waals surface area contributed by atoms with Gasteiger partial charge >= 0.3 is 5.97 Å². The number of amides is 1. The van der Waals surface area contributed by atoms with Crippen molar-refractivity contribution in [1.82, 2.24) is 14.8 Å². The number of aromatic nitrogens is 3. The lowest BCUT2D eigenvalue weighted by molar-refractivity contribution is -0.113. The normalized spacial score (nSPS) is 10.6. The van der Waals surface area contributed by atoms with Gasteiger partial charge in [-0.3, -0.25) is 4.79 Å². The first-order chi connectivity index (χ1) is 15.0. The molecule has 2 aromatic carbocycles. The smallest absolute Gasteiger partial charge is 0.335 e. The number of thioether (sulfide) groups is 1. The Morgan fingerprint density at radius 3 is 2.58 bits per heavy atom. The Morgan fingerprint density at radius 2 is 1.90 bits per heavy atom. The topological polar surface area (TPSA) is 106 Å². The van der Waals surface area contributed by atoms with Crippen LogP contribution in [0.4, 0.5) is 5.69 Å². The maximum Gasteiger partial charge on any atom is 0.335 e. The average molecular weight is 441 g/mol. The minimum absolute atomic E-state index is 0.116. The molecule has 3 rings (SSSR count). The van der Waals surface area contributed by atoms with Crippen molar-refractivity contribution < 1.29 is 19.4 Å². The summed E-state index contributed by atoms with van der Waals surface area (Å²) < 4.78 is 7.73. The fourth-order valence-corrected chi connectivity index (χ4v) is 3.70. The summed E-state index contributed by atoms with van der Waals surface area (Å²) in [5, 5.41) is 20.8. The van der Waals surface area contributed by atoms with Crippen LogP contribution in [0.3, 0.4) is 0 Å². The molecule has 1 aromatic heterocycles. The number of nitrogens with one attached hydrogen (secondary N) is 1. The van der Waals surface area contributed by atoms with E-state index >= 15 is 0 Å². The highest BCUT2D eigenvalue weighted by Gasteiger charge is 2.14. The molecule has 0 radical (unpaired) electrons. The van der Waals surface area contributed by atoms with Gasteiger partial charge in [0.25, 0.3) is 0 Å². The number of hydrogen-bond donors (Lipinski definition) is 2. The number of aromatic carboxylic acids is 1. The Kier molecular flexibility index (Phi) is 7.66. The Bertz CT molecular complexity index is 1050. The summed E-state index contributed by atoms with van der Waals surface area (Å²) in [6.45, 7) is 5.00. The van der Waals surface area contributed by atoms with Crippen molar-refractivity contribution >= 4 is 29.3 Å². The van der Waals surface area contributed by atoms with Crippen LogP contribution in [-0.2, 0) is 24.4 Å². The van der Waals surface area contributed by atoms with Crippen LogP contribution in [0.2, 0.25) is 0 Å². The van der Waals surface area contributed by atoms with Gasteiger partial charge in [0.15, 0.2) is 11.0 Å². The molecule has 0 aliphatic rings. The number of aryl methyl sites for hydroxylation is 1. The molecule has 0 aliphatic carbocycles. The zero-order chi connectivity index (χ0) is 22.2. The Labute approximate surface area is 184 Å². The number of hydrogen-bond acceptors (Lipinski definition) is 6. The quantitative estimate of drug-likeness (QED) is 0.461. The highest BCUT2D eigenvalue weighted by molar-refractivity contribution is 7.99. The van der Waals surface area contributed by atoms with Crippen molar-refractivity contribution in [3.05, 3.63) is 65.5 Å². The maximum atomic E-state index is 12.3. The van der Waals surface area contributed by atoms with Gasteiger partial charge in [-0.15, -0.1) is 10.2 Å². The molecule has 0 atom stereocenters. The number of anilines is 1. The molecular weight excluding hydrogens is 416 g/mol. The lowest BCUT2D eigenvalue weighted by atomic mass is 10.2. The summed E-state index contributed by atoms with van der Waals surface area (Å²) in [7, 11) is 0. The summed E-state index contributed by atoms with van der Waals surface area (Å²) in [5.74, 6) is 0.262. The Hall–Kier alpha value is -3.33. The first-order valence-corrected chi connectivity index (χ1v) is 10.9. The molecule has 0 saturated carbocycles. The number of nitrogens with zero attached hydrogens (tertiary/aromatic N) is 3. The van der Waals surface area contributed by atoms with Gasteiger partial charge < -0.3 is 19.7 Å². The number of carbonyl (C=O) groups excluding carboxylic acids is 1. The van der Waals surface area contributed by atoms with Crippen LogP contribution >= 0.6 is 11.8 Å². The van der Waals surface area contributed by atoms with Crippen molar-refractivity contribution in [3.63, 3.8) is 0 Å². The first kappa shape index (κ1) is 22.4. The van der Waals surface area contributed by atoms with E-state index < -0.39 is 5.97 Å². The van der Waals surface area contributed by atoms with Crippen LogP contribution in [0.25, 0.3) is 0 Å². The lowest BCUT2D eigenvalue weighted by Crippen LogP contribution is -2.15. The molecule has 1 heterocycles. The van der Waals surface area contributed by atoms with Crippen molar-refractivity contribution in [2.24, 2.45) is 0 Å². The molecule has 0 aliphatic heterocycles. The van der Waals surface area contributed by atoms with Gasteiger partial charge in [0.05, 0.1) is 11.3 Å². The van der Waals surface area contributed by atoms with Crippen LogP contribution < -0.4 is 10.1 Å². The number of rotatable bonds is 10. The molecule has 1 amide bonds. The molecule has 31 heavy (non-hydrogen) atoms. The molecule has 2 N–H and O–H groups in total. The monoisotopic (exact) mass is 440 g/mol. The predicted molar refractivity (Wildman–Crippen MR) is 119 cm³/mol. The second-order valence-corrected chi connectivity index (χ2v) is 7.59. The van der Waals surface area contributed by atoms with Gasteiger partial charge in [-0.25, -0.2) is 4.79 Å². The van der Waals surface area contributed by atoms with Crippen LogP contribution in [-0.4, -0.2) is 37.5 Å². The van der Waals surface area contributed by atoms with E-state index in [4.69, 9.17) is 9.84 Å². The molecule has 0 spiro atoms. The molecule has 0 saturated heterocycles. The van der Waals surface area contributed by atoms with E-state index in [1.807, 2.05) is 35.8 Å². The number of carboxylic acids is 1. The summed E-state index contributed by atoms with van der Waals surface area (Å²) in [6, 6.07) is 14.1. The van der Waals surface area contributed by atoms with Gasteiger partial charge in [0, 0.05) is 12.2 Å². The SMILES string of the molecule is CCc1ccc(OCc2nnc(SCC(=O)Nc3cccc(C(=O)O)c3)n2CC)cc1. The maximum absolute atomic E-state index is 12.3. The van der Waals surface area contributed by atoms with Crippen molar-refractivity contribution in [2.75, 3.05) is 11.1 Å². The van der Waals surface area contributed by atoms with Crippen LogP contribution in [0.15, 0.2) is 53.7 Å². The summed E-state index contributed by atoms with van der Waals surface area (Å²) in [5.41, 5.74) is 1.80. The average Bonchev–Trinajstić information content (AvgIpc) is 3.18. The van der Waals surface area contributed by atoms with Crippen molar-refractivity contribution in [3.8, 4) is 5.75 Å². The van der Waals surface area contributed by atoms with Crippen molar-refractivity contribution in [2.45, 2.75) is 38.6 Å². The van der Waals surface area contributed by atoms with Crippen LogP contribution in [0, 0.1) is 0 Å². The second-order valence-electron chi connectivity index (χ2n) is 6.65. The largest absolute Gasteiger partial charge is 0.486 e. The number of ether oxygens (including phenoxy) is 1. The lowest BCUT2D eigenvalue weighted by Gasteiger charge is -2.09. The highest BCUT2D eigenvalue weighted by Crippen LogP contribution is 2.20. The standard InChI is InChI=1S/C22H24N4O4S/c1-3-15-8-10-18(11-9-15)30-13-19-24-25-22(26(19)4-2)31-14-20(27)23-17-7-5-6-16(12-17)21(28)29/h5-12H,3-4,13-14H2,1-2H3,(H,23,27)(H,28,29). The number of carboxylic acid groups (broad SMARTS) is 1. The molecule has 0 unspecified atom stereocenters. The molecule has 3 aromatic rings. The summed E-state index contributed by atoms with van der Waals surface area (Å²) in [6.07, 6.45) is 0.976. The van der Waals surface area contributed by atoms with Crippen molar-refractivity contribution in [1.29, 1.82) is 0 Å². The molecule has 162 valence electrons. The van der Waals surface area contributed by atoms with E-state index in [0.717, 1.165) is 12.2 Å². The third-order valence-electron chi connectivity index (χ3n) is 4.53. The second kappa shape index (κ2) is 10.6. The molecular formula is C22H24N4O4S. The zero-order valence-corrected chi connectivity index (χ0v) is 18.2. The van der Waals surface area contributed by atoms with E-state index in [0.29, 0.717) is 23.2 Å². The van der Waals surface area contributed by atoms with E-state index in [1.54, 1.807) is 12.1 Å². The molecule has 0 bridgehead atoms. The molecule has 0 fully saturated rings. The van der Waals surface area contributed by atoms with Gasteiger partial charge in [-0.05, 0) is 49.2 Å². The Morgan fingerprint density at radius 1 is 1.13 bits per heavy atom. The van der Waals surface area contributed by atoms with E-state index in [2.05, 4.69) is 22.4 Å². The third kappa shape index (κ3) is 6.08. The van der Waals surface area contributed by atoms with E-state index in [9.17, 15) is 9.59 Å². The minimum Gasteiger partial charge on any atom is -0.486 e. The third-order valence-corrected chi connectivity index (χ3v) is 5.50. The fraction of sp³-hybridized carbons (Fsp3) is 0.273. The number of benzene rings is 2. The zero-order valence-electron chi connectivity index (χ0n) is 17.4. The Balaban J connectivity index is 1.56. The number of carbonyl (C=O) groups is 2. The van der Waals surface area contributed by atoms with Gasteiger partial charge in [-0.1, -0.05) is 36.9 Å². The van der Waals surface area contributed by atoms with Crippen LogP contribution in [0.1, 0.15) is 35.6 Å². The van der Waals surface area contributed by atoms with E-state index in [-0.39, 0.29) is 23.8 Å². The predicted octanol–water partition coefficient (Wildman–Crippen LogP) is 3.87. The molecule has 8 nitrogen and oxygen atoms in total. The van der Waals surface area contributed by atoms with E-state index in [1.165, 1.54) is 29.5 Å². The summed E-state index contributed by atoms with van der Waals surface area (Å²) in [4.78, 5) is 23.3. The minimum atomic E-state index is -1.04. The first-order valence-electron chi connectivity index (χ1n) is 9.90. The summed E-state index contributed by atoms with van der Waals surface area (Å²) >= 11 is 1.26. The van der Waals surface area contributed by atoms with Gasteiger partial charge in [0.2, 0.25) is 5.91 Å². The van der Waals surface area contributed by atoms with Gasteiger partial charge in [0.1, 0.15) is 12.4 Å². The molecule has 9 heteroatoms. The fourth-order valence-electron chi connectivity index (χ4n) is 2.88. The van der Waals surface area contributed by atoms with Crippen LogP contribution in [0.5, 0.6) is 5.75 Å².